The van der Waals surface area contributed by atoms with Crippen molar-refractivity contribution in [3.63, 3.8) is 0 Å². The molecule has 0 spiro atoms. The molecule has 1 aliphatic heterocycles. The van der Waals surface area contributed by atoms with Crippen molar-refractivity contribution in [1.29, 1.82) is 0 Å². The van der Waals surface area contributed by atoms with Crippen molar-refractivity contribution >= 4 is 40.0 Å². The lowest BCUT2D eigenvalue weighted by Gasteiger charge is -2.22. The number of rotatable bonds is 4. The average molecular weight is 453 g/mol. The first-order chi connectivity index (χ1) is 15.0. The summed E-state index contributed by atoms with van der Waals surface area (Å²) in [6, 6.07) is 12.4. The number of benzene rings is 2. The Kier molecular flexibility index (Phi) is 5.27. The summed E-state index contributed by atoms with van der Waals surface area (Å²) in [5.41, 5.74) is 2.95. The second-order valence-corrected chi connectivity index (χ2v) is 9.67. The molecule has 2 aromatic carbocycles. The van der Waals surface area contributed by atoms with Gasteiger partial charge in [0.15, 0.2) is 0 Å². The number of nitrogens with zero attached hydrogens (tertiary/aromatic N) is 3. The quantitative estimate of drug-likeness (QED) is 0.396. The summed E-state index contributed by atoms with van der Waals surface area (Å²) in [5, 5.41) is 0.784. The Hall–Kier alpha value is -2.71. The van der Waals surface area contributed by atoms with Crippen LogP contribution in [0.5, 0.6) is 0 Å². The number of hydrogen-bond acceptors (Lipinski definition) is 5. The van der Waals surface area contributed by atoms with Crippen molar-refractivity contribution in [2.24, 2.45) is 0 Å². The number of hydrogen-bond donors (Lipinski definition) is 1. The Morgan fingerprint density at radius 1 is 1.26 bits per heavy atom. The minimum atomic E-state index is -0.326. The summed E-state index contributed by atoms with van der Waals surface area (Å²) in [5.74, 6) is 0.350. The number of H-pyrrole nitrogens is 1. The number of imidazole rings is 1. The van der Waals surface area contributed by atoms with Crippen LogP contribution >= 0.6 is 23.1 Å². The summed E-state index contributed by atoms with van der Waals surface area (Å²) in [6.45, 7) is 2.52. The smallest absolute Gasteiger partial charge is 0.274 e. The van der Waals surface area contributed by atoms with Gasteiger partial charge in [-0.05, 0) is 61.9 Å². The van der Waals surface area contributed by atoms with Gasteiger partial charge in [0.1, 0.15) is 17.3 Å². The standard InChI is InChI=1S/C23H21FN4OS2/c1-13-25-20(21(31-13)14-5-3-6-15(24)11-14)23(29)28-10-4-7-19(28)22-26-17-9-8-16(30-2)12-18(17)27-22/h3,5-6,8-9,11-12,19H,4,7,10H2,1-2H3,(H,26,27). The maximum absolute atomic E-state index is 13.8. The van der Waals surface area contributed by atoms with Crippen LogP contribution < -0.4 is 0 Å². The second-order valence-electron chi connectivity index (χ2n) is 7.58. The number of nitrogens with one attached hydrogen (secondary N) is 1. The van der Waals surface area contributed by atoms with Crippen LogP contribution in [0, 0.1) is 12.7 Å². The Morgan fingerprint density at radius 3 is 2.94 bits per heavy atom. The van der Waals surface area contributed by atoms with Crippen molar-refractivity contribution in [3.05, 3.63) is 64.8 Å². The average Bonchev–Trinajstić information content (AvgIpc) is 3.49. The molecule has 1 saturated heterocycles. The summed E-state index contributed by atoms with van der Waals surface area (Å²) in [4.78, 5) is 30.0. The highest BCUT2D eigenvalue weighted by molar-refractivity contribution is 7.98. The van der Waals surface area contributed by atoms with Crippen molar-refractivity contribution in [2.45, 2.75) is 30.7 Å². The van der Waals surface area contributed by atoms with Crippen LogP contribution in [0.2, 0.25) is 0 Å². The molecule has 5 rings (SSSR count). The van der Waals surface area contributed by atoms with Crippen molar-refractivity contribution in [2.75, 3.05) is 12.8 Å². The summed E-state index contributed by atoms with van der Waals surface area (Å²) in [7, 11) is 0. The van der Waals surface area contributed by atoms with Crippen molar-refractivity contribution in [1.82, 2.24) is 19.9 Å². The summed E-state index contributed by atoms with van der Waals surface area (Å²) in [6.07, 6.45) is 3.79. The number of fused-ring (bicyclic) bond motifs is 1. The number of likely N-dealkylation sites (tertiary alicyclic amines) is 1. The number of amides is 1. The van der Waals surface area contributed by atoms with E-state index in [4.69, 9.17) is 4.98 Å². The van der Waals surface area contributed by atoms with Crippen LogP contribution in [0.1, 0.15) is 40.2 Å². The van der Waals surface area contributed by atoms with Crippen molar-refractivity contribution < 1.29 is 9.18 Å². The molecule has 158 valence electrons. The van der Waals surface area contributed by atoms with Gasteiger partial charge >= 0.3 is 0 Å². The summed E-state index contributed by atoms with van der Waals surface area (Å²) < 4.78 is 13.8. The van der Waals surface area contributed by atoms with E-state index in [1.54, 1.807) is 17.8 Å². The molecule has 0 bridgehead atoms. The Balaban J connectivity index is 1.50. The number of aromatic nitrogens is 3. The van der Waals surface area contributed by atoms with Crippen LogP contribution in [-0.2, 0) is 0 Å². The van der Waals surface area contributed by atoms with E-state index >= 15 is 0 Å². The third-order valence-corrected chi connectivity index (χ3v) is 7.31. The molecular formula is C23H21FN4OS2. The van der Waals surface area contributed by atoms with Gasteiger partial charge in [0.2, 0.25) is 0 Å². The monoisotopic (exact) mass is 452 g/mol. The number of thioether (sulfide) groups is 1. The van der Waals surface area contributed by atoms with E-state index in [1.807, 2.05) is 30.2 Å². The lowest BCUT2D eigenvalue weighted by atomic mass is 10.1. The first-order valence-corrected chi connectivity index (χ1v) is 12.2. The lowest BCUT2D eigenvalue weighted by Crippen LogP contribution is -2.31. The SMILES string of the molecule is CSc1ccc2nc(C3CCCN3C(=O)c3nc(C)sc3-c3cccc(F)c3)[nH]c2c1. The zero-order valence-corrected chi connectivity index (χ0v) is 18.8. The number of carbonyl (C=O) groups excluding carboxylic acids is 1. The predicted molar refractivity (Wildman–Crippen MR) is 123 cm³/mol. The van der Waals surface area contributed by atoms with E-state index in [2.05, 4.69) is 22.1 Å². The zero-order valence-electron chi connectivity index (χ0n) is 17.2. The molecule has 1 fully saturated rings. The van der Waals surface area contributed by atoms with Gasteiger partial charge in [-0.3, -0.25) is 4.79 Å². The number of aromatic amines is 1. The van der Waals surface area contributed by atoms with E-state index in [-0.39, 0.29) is 17.8 Å². The van der Waals surface area contributed by atoms with Crippen LogP contribution in [-0.4, -0.2) is 38.6 Å². The molecule has 1 atom stereocenters. The summed E-state index contributed by atoms with van der Waals surface area (Å²) >= 11 is 3.10. The molecule has 2 aromatic heterocycles. The van der Waals surface area contributed by atoms with E-state index in [0.717, 1.165) is 34.7 Å². The van der Waals surface area contributed by atoms with E-state index < -0.39 is 0 Å². The minimum Gasteiger partial charge on any atom is -0.340 e. The van der Waals surface area contributed by atoms with Gasteiger partial charge in [-0.15, -0.1) is 23.1 Å². The molecule has 8 heteroatoms. The largest absolute Gasteiger partial charge is 0.340 e. The van der Waals surface area contributed by atoms with E-state index in [9.17, 15) is 9.18 Å². The fourth-order valence-electron chi connectivity index (χ4n) is 4.12. The molecule has 5 nitrogen and oxygen atoms in total. The predicted octanol–water partition coefficient (Wildman–Crippen LogP) is 5.83. The molecule has 31 heavy (non-hydrogen) atoms. The first kappa shape index (κ1) is 20.2. The number of aryl methyl sites for hydroxylation is 1. The number of halogens is 1. The van der Waals surface area contributed by atoms with Crippen LogP contribution in [0.15, 0.2) is 47.4 Å². The Labute approximate surface area is 187 Å². The maximum atomic E-state index is 13.8. The number of thiazole rings is 1. The van der Waals surface area contributed by atoms with Gasteiger partial charge in [0, 0.05) is 11.4 Å². The number of carbonyl (C=O) groups is 1. The molecule has 0 radical (unpaired) electrons. The van der Waals surface area contributed by atoms with E-state index in [1.165, 1.54) is 28.4 Å². The highest BCUT2D eigenvalue weighted by atomic mass is 32.2. The molecule has 0 saturated carbocycles. The molecule has 1 aliphatic rings. The minimum absolute atomic E-state index is 0.125. The molecule has 1 unspecified atom stereocenters. The molecule has 1 N–H and O–H groups in total. The van der Waals surface area contributed by atoms with Crippen LogP contribution in [0.25, 0.3) is 21.5 Å². The molecule has 1 amide bonds. The second kappa shape index (κ2) is 8.09. The topological polar surface area (TPSA) is 61.9 Å². The maximum Gasteiger partial charge on any atom is 0.274 e. The third kappa shape index (κ3) is 3.74. The first-order valence-electron chi connectivity index (χ1n) is 10.1. The highest BCUT2D eigenvalue weighted by Crippen LogP contribution is 2.37. The normalized spacial score (nSPS) is 16.4. The van der Waals surface area contributed by atoms with Crippen molar-refractivity contribution in [3.8, 4) is 10.4 Å². The molecule has 3 heterocycles. The molecular weight excluding hydrogens is 431 g/mol. The zero-order chi connectivity index (χ0) is 21.5. The van der Waals surface area contributed by atoms with E-state index in [0.29, 0.717) is 22.7 Å². The Morgan fingerprint density at radius 2 is 2.13 bits per heavy atom. The molecule has 0 aliphatic carbocycles. The third-order valence-electron chi connectivity index (χ3n) is 5.56. The van der Waals surface area contributed by atoms with Gasteiger partial charge in [0.05, 0.1) is 27.0 Å². The van der Waals surface area contributed by atoms with Crippen LogP contribution in [0.4, 0.5) is 4.39 Å². The van der Waals surface area contributed by atoms with Gasteiger partial charge in [0.25, 0.3) is 5.91 Å². The van der Waals surface area contributed by atoms with Crippen LogP contribution in [0.3, 0.4) is 0 Å². The highest BCUT2D eigenvalue weighted by Gasteiger charge is 2.35. The van der Waals surface area contributed by atoms with Gasteiger partial charge in [-0.25, -0.2) is 14.4 Å². The Bertz CT molecular complexity index is 1280. The van der Waals surface area contributed by atoms with Gasteiger partial charge in [-0.1, -0.05) is 12.1 Å². The fraction of sp³-hybridized carbons (Fsp3) is 0.261. The molecule has 4 aromatic rings. The fourth-order valence-corrected chi connectivity index (χ4v) is 5.47. The van der Waals surface area contributed by atoms with Gasteiger partial charge in [-0.2, -0.15) is 0 Å². The van der Waals surface area contributed by atoms with Gasteiger partial charge < -0.3 is 9.88 Å². The lowest BCUT2D eigenvalue weighted by molar-refractivity contribution is 0.0726.